The summed E-state index contributed by atoms with van der Waals surface area (Å²) in [4.78, 5) is 5.72. The number of hydrogen-bond donors (Lipinski definition) is 0. The fourth-order valence-corrected chi connectivity index (χ4v) is 4.04. The number of benzene rings is 1. The number of thiazole rings is 1. The molecule has 0 spiro atoms. The maximum absolute atomic E-state index is 9.44. The summed E-state index contributed by atoms with van der Waals surface area (Å²) in [6, 6.07) is 12.3. The van der Waals surface area contributed by atoms with Gasteiger partial charge in [0, 0.05) is 20.3 Å². The van der Waals surface area contributed by atoms with E-state index in [2.05, 4.69) is 33.0 Å². The topological polar surface area (TPSA) is 36.7 Å². The number of halogens is 1. The zero-order valence-electron chi connectivity index (χ0n) is 11.7. The van der Waals surface area contributed by atoms with Crippen LogP contribution in [0.1, 0.15) is 15.4 Å². The van der Waals surface area contributed by atoms with E-state index in [1.165, 1.54) is 16.9 Å². The van der Waals surface area contributed by atoms with Crippen LogP contribution in [0.15, 0.2) is 45.6 Å². The molecular formula is C17H11BrN2S2. The minimum Gasteiger partial charge on any atom is -0.235 e. The molecule has 2 nitrogen and oxygen atoms in total. The first-order valence-electron chi connectivity index (χ1n) is 6.55. The van der Waals surface area contributed by atoms with Gasteiger partial charge in [0.1, 0.15) is 11.1 Å². The van der Waals surface area contributed by atoms with Crippen LogP contribution in [-0.2, 0) is 0 Å². The monoisotopic (exact) mass is 386 g/mol. The number of nitriles is 1. The van der Waals surface area contributed by atoms with Crippen molar-refractivity contribution in [2.45, 2.75) is 6.92 Å². The second kappa shape index (κ2) is 6.57. The standard InChI is InChI=1S/C17H11BrN2S2/c1-11-5-6-21-16(11)8-13(9-19)17-20-15(10-22-17)12-3-2-4-14(18)7-12/h2-8,10H,1H3. The highest BCUT2D eigenvalue weighted by atomic mass is 79.9. The smallest absolute Gasteiger partial charge is 0.134 e. The third kappa shape index (κ3) is 3.20. The number of allylic oxidation sites excluding steroid dienone is 1. The Morgan fingerprint density at radius 1 is 1.32 bits per heavy atom. The molecule has 2 heterocycles. The summed E-state index contributed by atoms with van der Waals surface area (Å²) in [7, 11) is 0. The molecule has 0 saturated carbocycles. The van der Waals surface area contributed by atoms with Crippen molar-refractivity contribution in [2.75, 3.05) is 0 Å². The molecule has 0 unspecified atom stereocenters. The zero-order chi connectivity index (χ0) is 15.5. The van der Waals surface area contributed by atoms with Crippen LogP contribution in [0.4, 0.5) is 0 Å². The molecular weight excluding hydrogens is 376 g/mol. The Bertz CT molecular complexity index is 884. The summed E-state index contributed by atoms with van der Waals surface area (Å²) in [6.45, 7) is 2.05. The minimum atomic E-state index is 0.608. The van der Waals surface area contributed by atoms with Crippen LogP contribution in [-0.4, -0.2) is 4.98 Å². The quantitative estimate of drug-likeness (QED) is 0.517. The Balaban J connectivity index is 1.97. The van der Waals surface area contributed by atoms with Crippen molar-refractivity contribution in [1.82, 2.24) is 4.98 Å². The third-order valence-corrected chi connectivity index (χ3v) is 5.49. The van der Waals surface area contributed by atoms with E-state index in [-0.39, 0.29) is 0 Å². The molecule has 5 heteroatoms. The van der Waals surface area contributed by atoms with Gasteiger partial charge in [-0.3, -0.25) is 0 Å². The third-order valence-electron chi connectivity index (χ3n) is 3.15. The van der Waals surface area contributed by atoms with E-state index in [4.69, 9.17) is 0 Å². The first kappa shape index (κ1) is 15.2. The zero-order valence-corrected chi connectivity index (χ0v) is 14.9. The molecule has 1 aromatic carbocycles. The first-order chi connectivity index (χ1) is 10.7. The average Bonchev–Trinajstić information content (AvgIpc) is 3.14. The highest BCUT2D eigenvalue weighted by molar-refractivity contribution is 9.10. The Kier molecular flexibility index (Phi) is 4.53. The van der Waals surface area contributed by atoms with Crippen LogP contribution in [0.2, 0.25) is 0 Å². The number of nitrogens with zero attached hydrogens (tertiary/aromatic N) is 2. The average molecular weight is 387 g/mol. The lowest BCUT2D eigenvalue weighted by Gasteiger charge is -1.97. The van der Waals surface area contributed by atoms with Gasteiger partial charge in [0.25, 0.3) is 0 Å². The fraction of sp³-hybridized carbons (Fsp3) is 0.0588. The highest BCUT2D eigenvalue weighted by Gasteiger charge is 2.10. The molecule has 3 rings (SSSR count). The van der Waals surface area contributed by atoms with Gasteiger partial charge in [-0.25, -0.2) is 4.98 Å². The molecule has 0 aliphatic carbocycles. The summed E-state index contributed by atoms with van der Waals surface area (Å²) < 4.78 is 1.02. The Labute approximate surface area is 145 Å². The van der Waals surface area contributed by atoms with E-state index in [1.807, 2.05) is 48.0 Å². The van der Waals surface area contributed by atoms with Crippen molar-refractivity contribution in [3.05, 3.63) is 61.0 Å². The summed E-state index contributed by atoms with van der Waals surface area (Å²) in [5.74, 6) is 0. The maximum Gasteiger partial charge on any atom is 0.134 e. The molecule has 0 saturated heterocycles. The van der Waals surface area contributed by atoms with E-state index in [9.17, 15) is 5.26 Å². The number of thiophene rings is 1. The van der Waals surface area contributed by atoms with Crippen molar-refractivity contribution < 1.29 is 0 Å². The van der Waals surface area contributed by atoms with Crippen LogP contribution in [0, 0.1) is 18.3 Å². The largest absolute Gasteiger partial charge is 0.235 e. The van der Waals surface area contributed by atoms with Crippen LogP contribution in [0.25, 0.3) is 22.9 Å². The molecule has 3 aromatic rings. The molecule has 0 bridgehead atoms. The molecule has 108 valence electrons. The van der Waals surface area contributed by atoms with Gasteiger partial charge >= 0.3 is 0 Å². The Hall–Kier alpha value is -1.74. The predicted octanol–water partition coefficient (Wildman–Crippen LogP) is 6.01. The molecule has 0 N–H and O–H groups in total. The van der Waals surface area contributed by atoms with E-state index in [0.717, 1.165) is 25.6 Å². The lowest BCUT2D eigenvalue weighted by molar-refractivity contribution is 1.37. The SMILES string of the molecule is Cc1ccsc1C=C(C#N)c1nc(-c2cccc(Br)c2)cs1. The molecule has 22 heavy (non-hydrogen) atoms. The predicted molar refractivity (Wildman–Crippen MR) is 97.8 cm³/mol. The molecule has 0 radical (unpaired) electrons. The van der Waals surface area contributed by atoms with Crippen LogP contribution < -0.4 is 0 Å². The van der Waals surface area contributed by atoms with Crippen molar-refractivity contribution in [3.8, 4) is 17.3 Å². The van der Waals surface area contributed by atoms with Gasteiger partial charge in [-0.05, 0) is 42.1 Å². The lowest BCUT2D eigenvalue weighted by atomic mass is 10.2. The van der Waals surface area contributed by atoms with E-state index < -0.39 is 0 Å². The second-order valence-electron chi connectivity index (χ2n) is 4.69. The molecule has 0 atom stereocenters. The van der Waals surface area contributed by atoms with Crippen molar-refractivity contribution >= 4 is 50.3 Å². The van der Waals surface area contributed by atoms with Gasteiger partial charge in [-0.15, -0.1) is 22.7 Å². The van der Waals surface area contributed by atoms with Crippen molar-refractivity contribution in [2.24, 2.45) is 0 Å². The van der Waals surface area contributed by atoms with E-state index >= 15 is 0 Å². The minimum absolute atomic E-state index is 0.608. The first-order valence-corrected chi connectivity index (χ1v) is 9.10. The van der Waals surface area contributed by atoms with E-state index in [0.29, 0.717) is 5.57 Å². The van der Waals surface area contributed by atoms with Crippen LogP contribution in [0.5, 0.6) is 0 Å². The molecule has 0 amide bonds. The molecule has 0 aliphatic rings. The highest BCUT2D eigenvalue weighted by Crippen LogP contribution is 2.29. The van der Waals surface area contributed by atoms with Crippen LogP contribution >= 0.6 is 38.6 Å². The molecule has 0 fully saturated rings. The second-order valence-corrected chi connectivity index (χ2v) is 7.41. The number of hydrogen-bond acceptors (Lipinski definition) is 4. The van der Waals surface area contributed by atoms with Gasteiger partial charge in [0.15, 0.2) is 0 Å². The van der Waals surface area contributed by atoms with Gasteiger partial charge in [-0.2, -0.15) is 5.26 Å². The fourth-order valence-electron chi connectivity index (χ4n) is 1.98. The maximum atomic E-state index is 9.44. The van der Waals surface area contributed by atoms with Gasteiger partial charge < -0.3 is 0 Å². The molecule has 2 aromatic heterocycles. The number of rotatable bonds is 3. The summed E-state index contributed by atoms with van der Waals surface area (Å²) in [5, 5.41) is 14.2. The van der Waals surface area contributed by atoms with Crippen LogP contribution in [0.3, 0.4) is 0 Å². The molecule has 0 aliphatic heterocycles. The summed E-state index contributed by atoms with van der Waals surface area (Å²) in [6.07, 6.45) is 1.92. The summed E-state index contributed by atoms with van der Waals surface area (Å²) in [5.41, 5.74) is 3.73. The van der Waals surface area contributed by atoms with Crippen molar-refractivity contribution in [1.29, 1.82) is 5.26 Å². The normalized spacial score (nSPS) is 11.4. The Morgan fingerprint density at radius 2 is 2.18 bits per heavy atom. The lowest BCUT2D eigenvalue weighted by Crippen LogP contribution is -1.82. The summed E-state index contributed by atoms with van der Waals surface area (Å²) >= 11 is 6.60. The van der Waals surface area contributed by atoms with Gasteiger partial charge in [-0.1, -0.05) is 28.1 Å². The van der Waals surface area contributed by atoms with Crippen molar-refractivity contribution in [3.63, 3.8) is 0 Å². The Morgan fingerprint density at radius 3 is 2.86 bits per heavy atom. The van der Waals surface area contributed by atoms with Gasteiger partial charge in [0.05, 0.1) is 11.3 Å². The van der Waals surface area contributed by atoms with Gasteiger partial charge in [0.2, 0.25) is 0 Å². The number of aromatic nitrogens is 1. The number of aryl methyl sites for hydroxylation is 1. The van der Waals surface area contributed by atoms with E-state index in [1.54, 1.807) is 11.3 Å².